The van der Waals surface area contributed by atoms with E-state index in [4.69, 9.17) is 4.42 Å². The van der Waals surface area contributed by atoms with Crippen molar-refractivity contribution in [2.24, 2.45) is 0 Å². The molecule has 1 atom stereocenters. The van der Waals surface area contributed by atoms with Gasteiger partial charge in [0.15, 0.2) is 5.76 Å². The number of rotatable bonds is 5. The van der Waals surface area contributed by atoms with Gasteiger partial charge in [-0.2, -0.15) is 0 Å². The van der Waals surface area contributed by atoms with Crippen LogP contribution in [0.25, 0.3) is 0 Å². The molecule has 3 nitrogen and oxygen atoms in total. The normalized spacial score (nSPS) is 12.1. The molecule has 0 aliphatic heterocycles. The predicted molar refractivity (Wildman–Crippen MR) is 70.3 cm³/mol. The Morgan fingerprint density at radius 3 is 2.61 bits per heavy atom. The van der Waals surface area contributed by atoms with Gasteiger partial charge < -0.3 is 9.73 Å². The fourth-order valence-electron chi connectivity index (χ4n) is 1.93. The topological polar surface area (TPSA) is 42.2 Å². The Balaban J connectivity index is 2.10. The zero-order valence-corrected chi connectivity index (χ0v) is 10.4. The second-order valence-electron chi connectivity index (χ2n) is 4.20. The predicted octanol–water partition coefficient (Wildman–Crippen LogP) is 3.55. The molecule has 0 unspecified atom stereocenters. The van der Waals surface area contributed by atoms with E-state index in [-0.39, 0.29) is 11.9 Å². The summed E-state index contributed by atoms with van der Waals surface area (Å²) < 4.78 is 5.10. The van der Waals surface area contributed by atoms with Crippen LogP contribution in [0, 0.1) is 0 Å². The van der Waals surface area contributed by atoms with Crippen molar-refractivity contribution >= 4 is 5.91 Å². The molecule has 0 radical (unpaired) electrons. The highest BCUT2D eigenvalue weighted by molar-refractivity contribution is 5.91. The summed E-state index contributed by atoms with van der Waals surface area (Å²) in [6, 6.07) is 13.4. The summed E-state index contributed by atoms with van der Waals surface area (Å²) in [5.74, 6) is 0.189. The molecule has 1 aromatic heterocycles. The van der Waals surface area contributed by atoms with E-state index in [1.807, 2.05) is 30.3 Å². The molecule has 0 aliphatic rings. The minimum Gasteiger partial charge on any atom is -0.459 e. The lowest BCUT2D eigenvalue weighted by molar-refractivity contribution is 0.0906. The minimum absolute atomic E-state index is 0.0359. The van der Waals surface area contributed by atoms with Crippen LogP contribution in [-0.2, 0) is 0 Å². The van der Waals surface area contributed by atoms with Crippen LogP contribution in [0.5, 0.6) is 0 Å². The van der Waals surface area contributed by atoms with E-state index in [2.05, 4.69) is 12.2 Å². The Hall–Kier alpha value is -2.03. The lowest BCUT2D eigenvalue weighted by Gasteiger charge is -2.17. The summed E-state index contributed by atoms with van der Waals surface area (Å²) in [5.41, 5.74) is 1.12. The van der Waals surface area contributed by atoms with Gasteiger partial charge in [0.05, 0.1) is 12.3 Å². The number of carbonyl (C=O) groups excluding carboxylic acids is 1. The Bertz CT molecular complexity index is 476. The number of furan rings is 1. The highest BCUT2D eigenvalue weighted by Gasteiger charge is 2.16. The first-order valence-electron chi connectivity index (χ1n) is 6.20. The van der Waals surface area contributed by atoms with Gasteiger partial charge in [-0.15, -0.1) is 0 Å². The summed E-state index contributed by atoms with van der Waals surface area (Å²) >= 11 is 0. The second-order valence-corrected chi connectivity index (χ2v) is 4.20. The largest absolute Gasteiger partial charge is 0.459 e. The molecule has 3 heteroatoms. The maximum Gasteiger partial charge on any atom is 0.287 e. The van der Waals surface area contributed by atoms with Gasteiger partial charge >= 0.3 is 0 Å². The Morgan fingerprint density at radius 1 is 1.22 bits per heavy atom. The summed E-state index contributed by atoms with van der Waals surface area (Å²) in [6.45, 7) is 2.11. The zero-order chi connectivity index (χ0) is 12.8. The van der Waals surface area contributed by atoms with Crippen molar-refractivity contribution in [2.45, 2.75) is 25.8 Å². The molecule has 1 heterocycles. The fourth-order valence-corrected chi connectivity index (χ4v) is 1.93. The van der Waals surface area contributed by atoms with Crippen LogP contribution in [0.4, 0.5) is 0 Å². The molecule has 2 rings (SSSR count). The number of benzene rings is 1. The molecule has 1 aromatic carbocycles. The minimum atomic E-state index is -0.165. The molecule has 1 N–H and O–H groups in total. The quantitative estimate of drug-likeness (QED) is 0.872. The lowest BCUT2D eigenvalue weighted by atomic mass is 10.0. The first-order chi connectivity index (χ1) is 8.81. The second kappa shape index (κ2) is 6.05. The Kier molecular flexibility index (Phi) is 4.18. The van der Waals surface area contributed by atoms with E-state index >= 15 is 0 Å². The SMILES string of the molecule is CCC[C@H](NC(=O)c1ccco1)c1ccccc1. The molecule has 0 saturated heterocycles. The van der Waals surface area contributed by atoms with Gasteiger partial charge in [0, 0.05) is 0 Å². The fraction of sp³-hybridized carbons (Fsp3) is 0.267. The van der Waals surface area contributed by atoms with Crippen LogP contribution in [0.15, 0.2) is 53.1 Å². The van der Waals surface area contributed by atoms with E-state index in [9.17, 15) is 4.79 Å². The van der Waals surface area contributed by atoms with Gasteiger partial charge in [0.1, 0.15) is 0 Å². The van der Waals surface area contributed by atoms with Gasteiger partial charge in [0.2, 0.25) is 0 Å². The first-order valence-corrected chi connectivity index (χ1v) is 6.20. The van der Waals surface area contributed by atoms with Crippen LogP contribution in [0.2, 0.25) is 0 Å². The lowest BCUT2D eigenvalue weighted by Crippen LogP contribution is -2.28. The number of carbonyl (C=O) groups is 1. The van der Waals surface area contributed by atoms with Gasteiger partial charge in [-0.1, -0.05) is 43.7 Å². The van der Waals surface area contributed by atoms with Crippen molar-refractivity contribution in [3.05, 3.63) is 60.1 Å². The summed E-state index contributed by atoms with van der Waals surface area (Å²) in [4.78, 5) is 12.0. The summed E-state index contributed by atoms with van der Waals surface area (Å²) in [6.07, 6.45) is 3.43. The van der Waals surface area contributed by atoms with Crippen molar-refractivity contribution in [2.75, 3.05) is 0 Å². The maximum absolute atomic E-state index is 12.0. The molecular formula is C15H17NO2. The molecule has 0 bridgehead atoms. The van der Waals surface area contributed by atoms with Crippen LogP contribution in [0.1, 0.15) is 41.9 Å². The third-order valence-electron chi connectivity index (χ3n) is 2.83. The Morgan fingerprint density at radius 2 is 2.00 bits per heavy atom. The maximum atomic E-state index is 12.0. The summed E-state index contributed by atoms with van der Waals surface area (Å²) in [7, 11) is 0. The first kappa shape index (κ1) is 12.4. The molecular weight excluding hydrogens is 226 g/mol. The number of hydrogen-bond acceptors (Lipinski definition) is 2. The smallest absolute Gasteiger partial charge is 0.287 e. The average molecular weight is 243 g/mol. The van der Waals surface area contributed by atoms with Crippen molar-refractivity contribution in [1.29, 1.82) is 0 Å². The molecule has 18 heavy (non-hydrogen) atoms. The third kappa shape index (κ3) is 3.00. The van der Waals surface area contributed by atoms with Crippen LogP contribution < -0.4 is 5.32 Å². The highest BCUT2D eigenvalue weighted by Crippen LogP contribution is 2.18. The molecule has 0 spiro atoms. The van der Waals surface area contributed by atoms with E-state index in [1.165, 1.54) is 6.26 Å². The molecule has 1 amide bonds. The Labute approximate surface area is 107 Å². The van der Waals surface area contributed by atoms with Crippen LogP contribution >= 0.6 is 0 Å². The standard InChI is InChI=1S/C15H17NO2/c1-2-7-13(12-8-4-3-5-9-12)16-15(17)14-10-6-11-18-14/h3-6,8-11,13H,2,7H2,1H3,(H,16,17)/t13-/m0/s1. The molecule has 94 valence electrons. The monoisotopic (exact) mass is 243 g/mol. The van der Waals surface area contributed by atoms with Crippen LogP contribution in [-0.4, -0.2) is 5.91 Å². The van der Waals surface area contributed by atoms with Crippen molar-refractivity contribution < 1.29 is 9.21 Å². The molecule has 2 aromatic rings. The van der Waals surface area contributed by atoms with Gasteiger partial charge in [0.25, 0.3) is 5.91 Å². The van der Waals surface area contributed by atoms with E-state index in [0.717, 1.165) is 18.4 Å². The van der Waals surface area contributed by atoms with Crippen LogP contribution in [0.3, 0.4) is 0 Å². The van der Waals surface area contributed by atoms with Gasteiger partial charge in [-0.25, -0.2) is 0 Å². The number of nitrogens with one attached hydrogen (secondary N) is 1. The van der Waals surface area contributed by atoms with Crippen molar-refractivity contribution in [3.8, 4) is 0 Å². The molecule has 0 fully saturated rings. The van der Waals surface area contributed by atoms with E-state index < -0.39 is 0 Å². The third-order valence-corrected chi connectivity index (χ3v) is 2.83. The average Bonchev–Trinajstić information content (AvgIpc) is 2.93. The van der Waals surface area contributed by atoms with E-state index in [0.29, 0.717) is 5.76 Å². The number of hydrogen-bond donors (Lipinski definition) is 1. The summed E-state index contributed by atoms with van der Waals surface area (Å²) in [5, 5.41) is 3.00. The molecule has 0 saturated carbocycles. The van der Waals surface area contributed by atoms with Gasteiger partial charge in [-0.05, 0) is 24.1 Å². The van der Waals surface area contributed by atoms with E-state index in [1.54, 1.807) is 12.1 Å². The van der Waals surface area contributed by atoms with Gasteiger partial charge in [-0.3, -0.25) is 4.79 Å². The van der Waals surface area contributed by atoms with Crippen molar-refractivity contribution in [3.63, 3.8) is 0 Å². The van der Waals surface area contributed by atoms with Crippen molar-refractivity contribution in [1.82, 2.24) is 5.32 Å². The molecule has 0 aliphatic carbocycles. The number of amides is 1. The zero-order valence-electron chi connectivity index (χ0n) is 10.4. The highest BCUT2D eigenvalue weighted by atomic mass is 16.3.